The Labute approximate surface area is 323 Å². The number of aromatic amines is 1. The minimum absolute atomic E-state index is 0.111. The van der Waals surface area contributed by atoms with Crippen LogP contribution in [0.1, 0.15) is 68.4 Å². The highest BCUT2D eigenvalue weighted by molar-refractivity contribution is 6.06. The van der Waals surface area contributed by atoms with Crippen molar-refractivity contribution in [2.45, 2.75) is 70.4 Å². The van der Waals surface area contributed by atoms with E-state index >= 15 is 0 Å². The van der Waals surface area contributed by atoms with E-state index in [4.69, 9.17) is 14.7 Å². The van der Waals surface area contributed by atoms with Gasteiger partial charge in [0.1, 0.15) is 11.3 Å². The van der Waals surface area contributed by atoms with Crippen molar-refractivity contribution in [2.75, 3.05) is 75.3 Å². The number of carbonyl (C=O) groups is 1. The van der Waals surface area contributed by atoms with Crippen molar-refractivity contribution < 1.29 is 27.1 Å². The number of nitrogens with zero attached hydrogens (tertiary/aromatic N) is 7. The summed E-state index contributed by atoms with van der Waals surface area (Å²) in [6, 6.07) is 6.03. The highest BCUT2D eigenvalue weighted by atomic mass is 19.4. The molecule has 1 amide bonds. The molecule has 6 aliphatic rings. The number of fused-ring (bicyclic) bond motifs is 2. The van der Waals surface area contributed by atoms with Crippen molar-refractivity contribution in [2.24, 2.45) is 16.7 Å². The van der Waals surface area contributed by atoms with Gasteiger partial charge in [-0.05, 0) is 112 Å². The van der Waals surface area contributed by atoms with Crippen LogP contribution in [0.25, 0.3) is 32.9 Å². The molecule has 0 radical (unpaired) electrons. The maximum absolute atomic E-state index is 14.2. The SMILES string of the molecule is C=C(F)C(=O)N1CC2(CCN(c3nc(N4CC5(CCN(CC6CC6)CC5)C4)nc4c(OCC(F)(F)F)c(-c5c(C)ccc6[nH]ncc56)c(C5CC5)cc34)CC2)C1. The van der Waals surface area contributed by atoms with Gasteiger partial charge in [0.2, 0.25) is 5.95 Å². The van der Waals surface area contributed by atoms with Crippen molar-refractivity contribution in [1.29, 1.82) is 0 Å². The normalized spacial score (nSPS) is 22.2. The number of alkyl halides is 3. The summed E-state index contributed by atoms with van der Waals surface area (Å²) in [7, 11) is 0. The quantitative estimate of drug-likeness (QED) is 0.138. The van der Waals surface area contributed by atoms with Crippen molar-refractivity contribution in [3.05, 3.63) is 47.9 Å². The zero-order chi connectivity index (χ0) is 38.6. The number of aromatic nitrogens is 4. The number of anilines is 2. The monoisotopic (exact) mass is 772 g/mol. The van der Waals surface area contributed by atoms with E-state index in [1.54, 1.807) is 6.20 Å². The first-order valence-electron chi connectivity index (χ1n) is 20.2. The Morgan fingerprint density at radius 1 is 0.929 bits per heavy atom. The van der Waals surface area contributed by atoms with Gasteiger partial charge in [0.05, 0.1) is 11.7 Å². The fraction of sp³-hybridized carbons (Fsp3) is 0.571. The Bertz CT molecular complexity index is 2210. The van der Waals surface area contributed by atoms with Crippen LogP contribution in [0.2, 0.25) is 0 Å². The lowest BCUT2D eigenvalue weighted by Gasteiger charge is -2.54. The number of nitrogens with one attached hydrogen (secondary N) is 1. The summed E-state index contributed by atoms with van der Waals surface area (Å²) in [5.74, 6) is 0.782. The minimum Gasteiger partial charge on any atom is -0.481 e. The molecule has 2 aliphatic carbocycles. The van der Waals surface area contributed by atoms with Crippen LogP contribution in [0.15, 0.2) is 36.8 Å². The van der Waals surface area contributed by atoms with Gasteiger partial charge in [-0.15, -0.1) is 0 Å². The molecule has 296 valence electrons. The lowest BCUT2D eigenvalue weighted by Crippen LogP contribution is -2.62. The van der Waals surface area contributed by atoms with Gasteiger partial charge in [-0.3, -0.25) is 9.89 Å². The summed E-state index contributed by atoms with van der Waals surface area (Å²) in [6.07, 6.45) is 5.47. The molecule has 2 aromatic heterocycles. The second-order valence-corrected chi connectivity index (χ2v) is 17.8. The van der Waals surface area contributed by atoms with E-state index in [0.717, 1.165) is 98.2 Å². The summed E-state index contributed by atoms with van der Waals surface area (Å²) in [6.45, 7) is 10.9. The first kappa shape index (κ1) is 35.9. The molecule has 10 rings (SSSR count). The molecular weight excluding hydrogens is 725 g/mol. The van der Waals surface area contributed by atoms with Crippen molar-refractivity contribution in [3.8, 4) is 16.9 Å². The Morgan fingerprint density at radius 2 is 1.62 bits per heavy atom. The van der Waals surface area contributed by atoms with Crippen LogP contribution in [0, 0.1) is 23.7 Å². The van der Waals surface area contributed by atoms with E-state index in [0.29, 0.717) is 54.4 Å². The number of likely N-dealkylation sites (tertiary alicyclic amines) is 2. The molecule has 1 N–H and O–H groups in total. The van der Waals surface area contributed by atoms with E-state index in [1.165, 1.54) is 24.3 Å². The molecule has 0 unspecified atom stereocenters. The first-order valence-corrected chi connectivity index (χ1v) is 20.2. The predicted molar refractivity (Wildman–Crippen MR) is 207 cm³/mol. The van der Waals surface area contributed by atoms with Crippen LogP contribution in [-0.2, 0) is 4.79 Å². The number of aryl methyl sites for hydroxylation is 1. The Kier molecular flexibility index (Phi) is 8.36. The van der Waals surface area contributed by atoms with Crippen LogP contribution < -0.4 is 14.5 Å². The third-order valence-corrected chi connectivity index (χ3v) is 13.6. The van der Waals surface area contributed by atoms with Crippen molar-refractivity contribution in [3.63, 3.8) is 0 Å². The molecule has 4 saturated heterocycles. The number of benzene rings is 2. The Hall–Kier alpha value is -4.46. The largest absolute Gasteiger partial charge is 0.481 e. The third kappa shape index (κ3) is 6.45. The average Bonchev–Trinajstić information content (AvgIpc) is 4.10. The smallest absolute Gasteiger partial charge is 0.422 e. The average molecular weight is 773 g/mol. The number of halogens is 4. The third-order valence-electron chi connectivity index (χ3n) is 13.6. The van der Waals surface area contributed by atoms with Gasteiger partial charge in [-0.2, -0.15) is 23.3 Å². The van der Waals surface area contributed by atoms with Crippen LogP contribution in [0.5, 0.6) is 5.75 Å². The number of H-pyrrole nitrogens is 1. The molecular formula is C42H48F4N8O2. The molecule has 2 aromatic carbocycles. The topological polar surface area (TPSA) is 93.7 Å². The van der Waals surface area contributed by atoms with Gasteiger partial charge in [-0.25, -0.2) is 9.37 Å². The maximum atomic E-state index is 14.2. The summed E-state index contributed by atoms with van der Waals surface area (Å²) in [5, 5.41) is 8.85. The summed E-state index contributed by atoms with van der Waals surface area (Å²) in [4.78, 5) is 31.3. The molecule has 6 heterocycles. The fourth-order valence-electron chi connectivity index (χ4n) is 10.0. The fourth-order valence-corrected chi connectivity index (χ4v) is 10.0. The lowest BCUT2D eigenvalue weighted by molar-refractivity contribution is -0.153. The molecule has 56 heavy (non-hydrogen) atoms. The number of rotatable bonds is 9. The van der Waals surface area contributed by atoms with E-state index < -0.39 is 24.5 Å². The van der Waals surface area contributed by atoms with Gasteiger partial charge < -0.3 is 24.3 Å². The highest BCUT2D eigenvalue weighted by Gasteiger charge is 2.49. The molecule has 14 heteroatoms. The summed E-state index contributed by atoms with van der Waals surface area (Å²) in [5.41, 5.74) is 4.56. The number of hydrogen-bond donors (Lipinski definition) is 1. The molecule has 2 saturated carbocycles. The van der Waals surface area contributed by atoms with Crippen molar-refractivity contribution >= 4 is 39.5 Å². The highest BCUT2D eigenvalue weighted by Crippen LogP contribution is 2.54. The van der Waals surface area contributed by atoms with E-state index in [1.807, 2.05) is 19.1 Å². The zero-order valence-electron chi connectivity index (χ0n) is 31.9. The zero-order valence-corrected chi connectivity index (χ0v) is 31.9. The van der Waals surface area contributed by atoms with Gasteiger partial charge in [0, 0.05) is 73.0 Å². The molecule has 4 aromatic rings. The first-order chi connectivity index (χ1) is 26.9. The molecule has 0 bridgehead atoms. The van der Waals surface area contributed by atoms with Crippen LogP contribution in [-0.4, -0.2) is 108 Å². The van der Waals surface area contributed by atoms with Crippen molar-refractivity contribution in [1.82, 2.24) is 30.0 Å². The van der Waals surface area contributed by atoms with Crippen LogP contribution in [0.3, 0.4) is 0 Å². The van der Waals surface area contributed by atoms with Gasteiger partial charge >= 0.3 is 6.18 Å². The molecule has 10 nitrogen and oxygen atoms in total. The number of hydrogen-bond acceptors (Lipinski definition) is 8. The number of ether oxygens (including phenoxy) is 1. The Balaban J connectivity index is 1.07. The summed E-state index contributed by atoms with van der Waals surface area (Å²) < 4.78 is 62.1. The standard InChI is InChI=1S/C42H48F4N8O2/c1-25-3-8-32-31(18-47-50-32)33(25)34-29(28-6-7-28)17-30-35(36(34)56-24-42(44,45)46)48-39(54-22-40(23-54)9-13-51(14-10-40)19-27-4-5-27)49-37(30)52-15-11-41(12-16-52)20-53(21-41)38(55)26(2)43/h3,8,17-18,27-28H,2,4-7,9-16,19-24H2,1H3,(H,47,50). The maximum Gasteiger partial charge on any atom is 0.422 e. The Morgan fingerprint density at radius 3 is 2.29 bits per heavy atom. The molecule has 0 atom stereocenters. The van der Waals surface area contributed by atoms with E-state index in [9.17, 15) is 22.4 Å². The van der Waals surface area contributed by atoms with E-state index in [2.05, 4.69) is 37.5 Å². The van der Waals surface area contributed by atoms with Crippen LogP contribution in [0.4, 0.5) is 29.3 Å². The number of amides is 1. The molecule has 4 aliphatic heterocycles. The molecule has 2 spiro atoms. The van der Waals surface area contributed by atoms with Gasteiger partial charge in [-0.1, -0.05) is 12.6 Å². The minimum atomic E-state index is -4.57. The predicted octanol–water partition coefficient (Wildman–Crippen LogP) is 7.52. The lowest BCUT2D eigenvalue weighted by atomic mass is 9.72. The second-order valence-electron chi connectivity index (χ2n) is 17.8. The van der Waals surface area contributed by atoms with Gasteiger partial charge in [0.25, 0.3) is 5.91 Å². The van der Waals surface area contributed by atoms with Gasteiger partial charge in [0.15, 0.2) is 18.2 Å². The van der Waals surface area contributed by atoms with Crippen LogP contribution >= 0.6 is 0 Å². The second kappa shape index (κ2) is 13.0. The summed E-state index contributed by atoms with van der Waals surface area (Å²) >= 11 is 0. The van der Waals surface area contributed by atoms with E-state index in [-0.39, 0.29) is 22.5 Å². The molecule has 6 fully saturated rings. The number of carbonyl (C=O) groups excluding carboxylic acids is 1. The number of piperidine rings is 2.